The number of furan rings is 1. The van der Waals surface area contributed by atoms with Crippen molar-refractivity contribution in [2.24, 2.45) is 0 Å². The van der Waals surface area contributed by atoms with Crippen molar-refractivity contribution < 1.29 is 32.2 Å². The van der Waals surface area contributed by atoms with Gasteiger partial charge in [0.05, 0.1) is 18.1 Å². The Morgan fingerprint density at radius 1 is 1.39 bits per heavy atom. The first-order valence-corrected chi connectivity index (χ1v) is 4.75. The van der Waals surface area contributed by atoms with Crippen molar-refractivity contribution in [2.45, 2.75) is 6.18 Å². The molecule has 1 N–H and O–H groups in total. The molecule has 0 aliphatic heterocycles. The Balaban J connectivity index is 2.64. The van der Waals surface area contributed by atoms with E-state index in [-0.39, 0.29) is 11.0 Å². The summed E-state index contributed by atoms with van der Waals surface area (Å²) in [6.45, 7) is 0. The van der Waals surface area contributed by atoms with Crippen molar-refractivity contribution >= 4 is 16.9 Å². The number of alkyl halides is 3. The van der Waals surface area contributed by atoms with Crippen LogP contribution in [-0.2, 0) is 10.9 Å². The summed E-state index contributed by atoms with van der Waals surface area (Å²) < 4.78 is 46.7. The highest BCUT2D eigenvalue weighted by Crippen LogP contribution is 2.37. The van der Waals surface area contributed by atoms with Gasteiger partial charge in [0.1, 0.15) is 5.58 Å². The number of methoxy groups -OCH3 is 1. The Morgan fingerprint density at radius 3 is 2.61 bits per heavy atom. The number of carbonyl (C=O) groups excluding carboxylic acids is 1. The van der Waals surface area contributed by atoms with Gasteiger partial charge in [0.2, 0.25) is 0 Å². The van der Waals surface area contributed by atoms with Gasteiger partial charge in [-0.15, -0.1) is 0 Å². The first-order valence-electron chi connectivity index (χ1n) is 4.75. The molecule has 1 aromatic heterocycles. The molecule has 18 heavy (non-hydrogen) atoms. The molecule has 96 valence electrons. The molecule has 1 heterocycles. The van der Waals surface area contributed by atoms with Crippen LogP contribution < -0.4 is 0 Å². The normalized spacial score (nSPS) is 11.8. The van der Waals surface area contributed by atoms with Gasteiger partial charge >= 0.3 is 12.1 Å². The SMILES string of the molecule is COC(=O)c1oc2ccc(C(F)(F)F)cc2c1O. The lowest BCUT2D eigenvalue weighted by Gasteiger charge is -2.05. The number of fused-ring (bicyclic) bond motifs is 1. The summed E-state index contributed by atoms with van der Waals surface area (Å²) >= 11 is 0. The molecule has 0 atom stereocenters. The van der Waals surface area contributed by atoms with Crippen LogP contribution in [0.4, 0.5) is 13.2 Å². The zero-order chi connectivity index (χ0) is 13.5. The van der Waals surface area contributed by atoms with Crippen molar-refractivity contribution in [1.29, 1.82) is 0 Å². The number of esters is 1. The smallest absolute Gasteiger partial charge is 0.416 e. The minimum Gasteiger partial charge on any atom is -0.504 e. The van der Waals surface area contributed by atoms with Gasteiger partial charge in [0.15, 0.2) is 5.75 Å². The van der Waals surface area contributed by atoms with Crippen LogP contribution >= 0.6 is 0 Å². The number of carbonyl (C=O) groups is 1. The molecular formula is C11H7F3O4. The monoisotopic (exact) mass is 260 g/mol. The highest BCUT2D eigenvalue weighted by Gasteiger charge is 2.32. The second-order valence-electron chi connectivity index (χ2n) is 3.48. The highest BCUT2D eigenvalue weighted by atomic mass is 19.4. The molecule has 0 spiro atoms. The van der Waals surface area contributed by atoms with E-state index >= 15 is 0 Å². The van der Waals surface area contributed by atoms with Gasteiger partial charge in [-0.3, -0.25) is 0 Å². The van der Waals surface area contributed by atoms with E-state index in [4.69, 9.17) is 4.42 Å². The van der Waals surface area contributed by atoms with E-state index in [1.165, 1.54) is 0 Å². The Bertz CT molecular complexity index is 613. The fourth-order valence-corrected chi connectivity index (χ4v) is 1.49. The van der Waals surface area contributed by atoms with Gasteiger partial charge in [-0.1, -0.05) is 0 Å². The number of rotatable bonds is 1. The molecule has 0 bridgehead atoms. The van der Waals surface area contributed by atoms with Gasteiger partial charge in [0, 0.05) is 0 Å². The summed E-state index contributed by atoms with van der Waals surface area (Å²) in [7, 11) is 1.07. The molecule has 0 saturated carbocycles. The first-order chi connectivity index (χ1) is 8.34. The Morgan fingerprint density at radius 2 is 2.06 bits per heavy atom. The van der Waals surface area contributed by atoms with Gasteiger partial charge in [-0.05, 0) is 18.2 Å². The molecule has 0 unspecified atom stereocenters. The van der Waals surface area contributed by atoms with E-state index in [9.17, 15) is 23.1 Å². The molecule has 0 fully saturated rings. The topological polar surface area (TPSA) is 59.7 Å². The van der Waals surface area contributed by atoms with E-state index in [2.05, 4.69) is 4.74 Å². The van der Waals surface area contributed by atoms with Crippen LogP contribution in [0, 0.1) is 0 Å². The third-order valence-corrected chi connectivity index (χ3v) is 2.36. The number of hydrogen-bond acceptors (Lipinski definition) is 4. The van der Waals surface area contributed by atoms with Crippen LogP contribution in [0.3, 0.4) is 0 Å². The highest BCUT2D eigenvalue weighted by molar-refractivity contribution is 5.98. The zero-order valence-corrected chi connectivity index (χ0v) is 9.04. The molecule has 2 aromatic rings. The second-order valence-corrected chi connectivity index (χ2v) is 3.48. The minimum absolute atomic E-state index is 0.0269. The average molecular weight is 260 g/mol. The number of halogens is 3. The lowest BCUT2D eigenvalue weighted by molar-refractivity contribution is -0.137. The lowest BCUT2D eigenvalue weighted by Crippen LogP contribution is -2.03. The van der Waals surface area contributed by atoms with Gasteiger partial charge in [-0.2, -0.15) is 13.2 Å². The van der Waals surface area contributed by atoms with Crippen LogP contribution in [0.2, 0.25) is 0 Å². The van der Waals surface area contributed by atoms with Crippen LogP contribution in [0.1, 0.15) is 16.1 Å². The van der Waals surface area contributed by atoms with Gasteiger partial charge < -0.3 is 14.3 Å². The van der Waals surface area contributed by atoms with Gasteiger partial charge in [0.25, 0.3) is 5.76 Å². The molecule has 0 aliphatic rings. The largest absolute Gasteiger partial charge is 0.504 e. The van der Waals surface area contributed by atoms with Crippen LogP contribution in [0.5, 0.6) is 5.75 Å². The summed E-state index contributed by atoms with van der Waals surface area (Å²) in [4.78, 5) is 11.2. The molecule has 1 aromatic carbocycles. The third kappa shape index (κ3) is 1.87. The van der Waals surface area contributed by atoms with Crippen molar-refractivity contribution in [3.63, 3.8) is 0 Å². The summed E-state index contributed by atoms with van der Waals surface area (Å²) in [5.41, 5.74) is -0.969. The quantitative estimate of drug-likeness (QED) is 0.801. The van der Waals surface area contributed by atoms with E-state index < -0.39 is 29.2 Å². The van der Waals surface area contributed by atoms with Crippen LogP contribution in [0.25, 0.3) is 11.0 Å². The summed E-state index contributed by atoms with van der Waals surface area (Å²) in [5.74, 6) is -2.15. The Labute approximate surface area is 98.6 Å². The fourth-order valence-electron chi connectivity index (χ4n) is 1.49. The second kappa shape index (κ2) is 3.94. The molecule has 0 amide bonds. The Kier molecular flexibility index (Phi) is 2.68. The maximum atomic E-state index is 12.5. The van der Waals surface area contributed by atoms with Crippen molar-refractivity contribution in [3.8, 4) is 5.75 Å². The molecular weight excluding hydrogens is 253 g/mol. The van der Waals surface area contributed by atoms with Crippen LogP contribution in [-0.4, -0.2) is 18.2 Å². The van der Waals surface area contributed by atoms with Crippen molar-refractivity contribution in [2.75, 3.05) is 7.11 Å². The minimum atomic E-state index is -4.54. The molecule has 4 nitrogen and oxygen atoms in total. The first kappa shape index (κ1) is 12.3. The van der Waals surface area contributed by atoms with E-state index in [0.717, 1.165) is 19.2 Å². The van der Waals surface area contributed by atoms with E-state index in [1.54, 1.807) is 0 Å². The molecule has 0 aliphatic carbocycles. The molecule has 2 rings (SSSR count). The molecule has 0 saturated heterocycles. The average Bonchev–Trinajstić information content (AvgIpc) is 2.64. The third-order valence-electron chi connectivity index (χ3n) is 2.36. The maximum absolute atomic E-state index is 12.5. The van der Waals surface area contributed by atoms with Crippen LogP contribution in [0.15, 0.2) is 22.6 Å². The summed E-state index contributed by atoms with van der Waals surface area (Å²) in [6, 6.07) is 2.54. The standard InChI is InChI=1S/C11H7F3O4/c1-17-10(16)9-8(15)6-4-5(11(12,13)14)2-3-7(6)18-9/h2-4,15H,1H3. The maximum Gasteiger partial charge on any atom is 0.416 e. The molecule has 0 radical (unpaired) electrons. The molecule has 7 heteroatoms. The number of ether oxygens (including phenoxy) is 1. The van der Waals surface area contributed by atoms with Crippen molar-refractivity contribution in [1.82, 2.24) is 0 Å². The number of hydrogen-bond donors (Lipinski definition) is 1. The fraction of sp³-hybridized carbons (Fsp3) is 0.182. The zero-order valence-electron chi connectivity index (χ0n) is 9.04. The number of benzene rings is 1. The predicted octanol–water partition coefficient (Wildman–Crippen LogP) is 2.94. The number of aromatic hydroxyl groups is 1. The van der Waals surface area contributed by atoms with Gasteiger partial charge in [-0.25, -0.2) is 4.79 Å². The lowest BCUT2D eigenvalue weighted by atomic mass is 10.1. The summed E-state index contributed by atoms with van der Waals surface area (Å²) in [6.07, 6.45) is -4.54. The van der Waals surface area contributed by atoms with E-state index in [0.29, 0.717) is 6.07 Å². The predicted molar refractivity (Wildman–Crippen MR) is 54.2 cm³/mol. The Hall–Kier alpha value is -2.18. The van der Waals surface area contributed by atoms with Crippen molar-refractivity contribution in [3.05, 3.63) is 29.5 Å². The van der Waals surface area contributed by atoms with E-state index in [1.807, 2.05) is 0 Å². The summed E-state index contributed by atoms with van der Waals surface area (Å²) in [5, 5.41) is 9.43.